The molecule has 168 valence electrons. The van der Waals surface area contributed by atoms with Crippen LogP contribution in [0.25, 0.3) is 10.9 Å². The zero-order valence-electron chi connectivity index (χ0n) is 17.1. The van der Waals surface area contributed by atoms with Crippen LogP contribution in [0.15, 0.2) is 24.3 Å². The average molecular weight is 451 g/mol. The minimum Gasteiger partial charge on any atom is -0.453 e. The Morgan fingerprint density at radius 2 is 1.97 bits per heavy atom. The molecule has 1 aromatic carbocycles. The van der Waals surface area contributed by atoms with Crippen LogP contribution in [0.3, 0.4) is 0 Å². The van der Waals surface area contributed by atoms with Crippen LogP contribution in [0.1, 0.15) is 27.9 Å². The number of aromatic nitrogens is 2. The second-order valence-corrected chi connectivity index (χ2v) is 9.01. The molecule has 0 unspecified atom stereocenters. The molecule has 6 N–H and O–H groups in total. The van der Waals surface area contributed by atoms with Crippen molar-refractivity contribution in [2.45, 2.75) is 57.1 Å². The van der Waals surface area contributed by atoms with E-state index in [4.69, 9.17) is 9.47 Å². The summed E-state index contributed by atoms with van der Waals surface area (Å²) in [7, 11) is 0. The monoisotopic (exact) mass is 450 g/mol. The maximum Gasteiger partial charge on any atom is 0.288 e. The molecule has 0 saturated carbocycles. The van der Waals surface area contributed by atoms with Crippen LogP contribution >= 0.6 is 11.3 Å². The molecule has 0 aliphatic carbocycles. The quantitative estimate of drug-likeness (QED) is 0.299. The van der Waals surface area contributed by atoms with Crippen LogP contribution in [0.2, 0.25) is 0 Å². The summed E-state index contributed by atoms with van der Waals surface area (Å²) in [6.07, 6.45) is -5.38. The van der Waals surface area contributed by atoms with Gasteiger partial charge in [-0.05, 0) is 43.2 Å². The van der Waals surface area contributed by atoms with Gasteiger partial charge in [-0.3, -0.25) is 5.10 Å². The number of fused-ring (bicyclic) bond motifs is 1. The van der Waals surface area contributed by atoms with Crippen molar-refractivity contribution >= 4 is 22.2 Å². The van der Waals surface area contributed by atoms with Gasteiger partial charge in [0.25, 0.3) is 5.79 Å². The highest BCUT2D eigenvalue weighted by molar-refractivity contribution is 7.12. The molecule has 9 nitrogen and oxygen atoms in total. The number of benzene rings is 1. The lowest BCUT2D eigenvalue weighted by Gasteiger charge is -2.45. The summed E-state index contributed by atoms with van der Waals surface area (Å²) in [4.78, 5) is 2.37. The van der Waals surface area contributed by atoms with Gasteiger partial charge in [-0.15, -0.1) is 11.3 Å². The van der Waals surface area contributed by atoms with E-state index in [0.29, 0.717) is 23.0 Å². The van der Waals surface area contributed by atoms with Gasteiger partial charge < -0.3 is 35.0 Å². The van der Waals surface area contributed by atoms with Crippen LogP contribution in [-0.4, -0.2) is 72.7 Å². The Kier molecular flexibility index (Phi) is 6.05. The maximum atomic E-state index is 10.9. The summed E-state index contributed by atoms with van der Waals surface area (Å²) in [6, 6.07) is 7.63. The molecule has 3 aromatic rings. The highest BCUT2D eigenvalue weighted by Gasteiger charge is 2.57. The third kappa shape index (κ3) is 3.96. The molecule has 0 radical (unpaired) electrons. The first-order valence-corrected chi connectivity index (χ1v) is 10.9. The molecule has 0 spiro atoms. The Morgan fingerprint density at radius 1 is 1.23 bits per heavy atom. The zero-order valence-corrected chi connectivity index (χ0v) is 18.0. The van der Waals surface area contributed by atoms with E-state index in [2.05, 4.69) is 23.2 Å². The molecule has 5 atom stereocenters. The highest BCUT2D eigenvalue weighted by Crippen LogP contribution is 2.37. The van der Waals surface area contributed by atoms with E-state index in [1.807, 2.05) is 19.1 Å². The highest BCUT2D eigenvalue weighted by atomic mass is 32.1. The Balaban J connectivity index is 1.72. The Bertz CT molecular complexity index is 1070. The predicted octanol–water partition coefficient (Wildman–Crippen LogP) is 0.585. The van der Waals surface area contributed by atoms with E-state index in [-0.39, 0.29) is 5.75 Å². The lowest BCUT2D eigenvalue weighted by Crippen LogP contribution is -2.69. The van der Waals surface area contributed by atoms with Crippen LogP contribution < -0.4 is 4.74 Å². The van der Waals surface area contributed by atoms with Crippen molar-refractivity contribution in [3.8, 4) is 5.75 Å². The van der Waals surface area contributed by atoms with Gasteiger partial charge in [-0.2, -0.15) is 5.10 Å². The van der Waals surface area contributed by atoms with Crippen LogP contribution in [0, 0.1) is 6.92 Å². The second kappa shape index (κ2) is 8.47. The number of hydrogen-bond donors (Lipinski definition) is 6. The van der Waals surface area contributed by atoms with Gasteiger partial charge in [0.05, 0.1) is 23.2 Å². The minimum absolute atomic E-state index is 0.171. The first kappa shape index (κ1) is 22.2. The molecule has 4 rings (SSSR count). The van der Waals surface area contributed by atoms with E-state index >= 15 is 0 Å². The number of hydrogen-bond acceptors (Lipinski definition) is 9. The Morgan fingerprint density at radius 3 is 2.65 bits per heavy atom. The fourth-order valence-electron chi connectivity index (χ4n) is 3.78. The van der Waals surface area contributed by atoms with Crippen LogP contribution in [0.5, 0.6) is 5.75 Å². The fraction of sp³-hybridized carbons (Fsp3) is 0.476. The molecule has 2 aromatic heterocycles. The van der Waals surface area contributed by atoms with Crippen molar-refractivity contribution < 1.29 is 35.0 Å². The van der Waals surface area contributed by atoms with Gasteiger partial charge in [0.2, 0.25) is 6.29 Å². The predicted molar refractivity (Wildman–Crippen MR) is 113 cm³/mol. The van der Waals surface area contributed by atoms with Crippen LogP contribution in [-0.2, 0) is 17.6 Å². The zero-order chi connectivity index (χ0) is 22.3. The van der Waals surface area contributed by atoms with E-state index in [1.54, 1.807) is 17.4 Å². The molecule has 1 fully saturated rings. The molecular formula is C21H26N2O7S. The molecule has 31 heavy (non-hydrogen) atoms. The smallest absolute Gasteiger partial charge is 0.288 e. The summed E-state index contributed by atoms with van der Waals surface area (Å²) in [5, 5.41) is 59.1. The normalized spacial score (nSPS) is 28.9. The van der Waals surface area contributed by atoms with Gasteiger partial charge in [0.15, 0.2) is 6.10 Å². The number of ether oxygens (including phenoxy) is 2. The number of rotatable bonds is 6. The number of aromatic amines is 1. The number of aryl methyl sites for hydroxylation is 2. The number of H-pyrrole nitrogens is 1. The van der Waals surface area contributed by atoms with E-state index in [9.17, 15) is 25.5 Å². The second-order valence-electron chi connectivity index (χ2n) is 7.75. The maximum absolute atomic E-state index is 10.9. The van der Waals surface area contributed by atoms with Crippen molar-refractivity contribution in [3.05, 3.63) is 45.3 Å². The number of aliphatic hydroxyl groups is 5. The van der Waals surface area contributed by atoms with Gasteiger partial charge in [-0.25, -0.2) is 0 Å². The standard InChI is InChI=1S/C21H26N2O7S/c1-3-11-4-5-12(31-11)8-14-17-13(22-23-14)6-10(2)7-15(17)30-21(28)19(26)18(25)16(9-24)29-20(21)27/h4-7,16,18-20,24-28H,3,8-9H2,1-2H3,(H,22,23)/t16-,18-,19+,20-,21+/m1/s1. The summed E-state index contributed by atoms with van der Waals surface area (Å²) in [5.74, 6) is -2.48. The number of nitrogens with one attached hydrogen (secondary N) is 1. The minimum atomic E-state index is -2.65. The Labute approximate surface area is 182 Å². The largest absolute Gasteiger partial charge is 0.453 e. The number of aliphatic hydroxyl groups excluding tert-OH is 4. The summed E-state index contributed by atoms with van der Waals surface area (Å²) in [5.41, 5.74) is 2.13. The van der Waals surface area contributed by atoms with Crippen molar-refractivity contribution in [3.63, 3.8) is 0 Å². The van der Waals surface area contributed by atoms with Gasteiger partial charge >= 0.3 is 0 Å². The first-order chi connectivity index (χ1) is 14.8. The van der Waals surface area contributed by atoms with E-state index < -0.39 is 37.0 Å². The number of nitrogens with zero attached hydrogens (tertiary/aromatic N) is 1. The van der Waals surface area contributed by atoms with Crippen molar-refractivity contribution in [1.29, 1.82) is 0 Å². The summed E-state index contributed by atoms with van der Waals surface area (Å²) < 4.78 is 10.8. The van der Waals surface area contributed by atoms with E-state index in [1.165, 1.54) is 4.88 Å². The summed E-state index contributed by atoms with van der Waals surface area (Å²) in [6.45, 7) is 3.27. The Hall–Kier alpha value is -2.05. The van der Waals surface area contributed by atoms with Crippen molar-refractivity contribution in [1.82, 2.24) is 10.2 Å². The lowest BCUT2D eigenvalue weighted by molar-refractivity contribution is -0.385. The van der Waals surface area contributed by atoms with Crippen molar-refractivity contribution in [2.75, 3.05) is 6.61 Å². The van der Waals surface area contributed by atoms with Gasteiger partial charge in [0, 0.05) is 16.2 Å². The molecule has 0 amide bonds. The topological polar surface area (TPSA) is 148 Å². The summed E-state index contributed by atoms with van der Waals surface area (Å²) >= 11 is 1.69. The third-order valence-electron chi connectivity index (χ3n) is 5.49. The SMILES string of the molecule is CCc1ccc(Cc2n[nH]c3cc(C)cc(O[C@]4(O)[C@H](O)O[C@H](CO)[C@@H](O)[C@@H]4O)c23)s1. The van der Waals surface area contributed by atoms with Gasteiger partial charge in [-0.1, -0.05) is 6.92 Å². The molecule has 0 bridgehead atoms. The molecule has 1 saturated heterocycles. The average Bonchev–Trinajstić information content (AvgIpc) is 3.36. The molecule has 3 heterocycles. The first-order valence-electron chi connectivity index (χ1n) is 10.0. The molecule has 10 heteroatoms. The molecule has 1 aliphatic heterocycles. The van der Waals surface area contributed by atoms with Gasteiger partial charge in [0.1, 0.15) is 18.0 Å². The van der Waals surface area contributed by atoms with Crippen molar-refractivity contribution in [2.24, 2.45) is 0 Å². The third-order valence-corrected chi connectivity index (χ3v) is 6.72. The van der Waals surface area contributed by atoms with Crippen LogP contribution in [0.4, 0.5) is 0 Å². The molecular weight excluding hydrogens is 424 g/mol. The van der Waals surface area contributed by atoms with E-state index in [0.717, 1.165) is 16.9 Å². The molecule has 1 aliphatic rings. The fourth-order valence-corrected chi connectivity index (χ4v) is 4.74. The number of thiophene rings is 1. The lowest BCUT2D eigenvalue weighted by atomic mass is 9.95.